The zero-order valence-corrected chi connectivity index (χ0v) is 19.2. The van der Waals surface area contributed by atoms with Crippen LogP contribution in [0.25, 0.3) is 11.1 Å². The Labute approximate surface area is 189 Å². The van der Waals surface area contributed by atoms with E-state index in [-0.39, 0.29) is 12.1 Å². The topological polar surface area (TPSA) is 60.3 Å². The number of benzene rings is 2. The van der Waals surface area contributed by atoms with Crippen molar-refractivity contribution in [1.29, 1.82) is 0 Å². The highest BCUT2D eigenvalue weighted by molar-refractivity contribution is 5.92. The fraction of sp³-hybridized carbons (Fsp3) is 0.259. The number of hydrogen-bond donors (Lipinski definition) is 1. The molecule has 5 heteroatoms. The summed E-state index contributed by atoms with van der Waals surface area (Å²) in [5, 5.41) is 2.74. The number of hydrogen-bond acceptors (Lipinski definition) is 3. The molecule has 0 atom stereocenters. The Morgan fingerprint density at radius 2 is 1.81 bits per heavy atom. The van der Waals surface area contributed by atoms with Gasteiger partial charge in [-0.25, -0.2) is 0 Å². The highest BCUT2D eigenvalue weighted by Gasteiger charge is 2.17. The Bertz CT molecular complexity index is 1260. The molecule has 0 unspecified atom stereocenters. The molecule has 3 aromatic rings. The molecule has 0 fully saturated rings. The van der Waals surface area contributed by atoms with Gasteiger partial charge in [0.25, 0.3) is 11.5 Å². The Kier molecular flexibility index (Phi) is 6.85. The Morgan fingerprint density at radius 1 is 1.12 bits per heavy atom. The lowest BCUT2D eigenvalue weighted by Gasteiger charge is -2.19. The van der Waals surface area contributed by atoms with E-state index in [0.29, 0.717) is 17.7 Å². The van der Waals surface area contributed by atoms with Crippen molar-refractivity contribution in [3.63, 3.8) is 0 Å². The summed E-state index contributed by atoms with van der Waals surface area (Å²) in [7, 11) is 1.74. The van der Waals surface area contributed by atoms with E-state index in [1.807, 2.05) is 45.0 Å². The van der Waals surface area contributed by atoms with E-state index in [9.17, 15) is 9.59 Å². The maximum Gasteiger partial charge on any atom is 0.295 e. The van der Waals surface area contributed by atoms with Crippen molar-refractivity contribution < 1.29 is 9.53 Å². The maximum absolute atomic E-state index is 12.5. The van der Waals surface area contributed by atoms with Gasteiger partial charge in [-0.2, -0.15) is 0 Å². The van der Waals surface area contributed by atoms with Crippen LogP contribution in [-0.4, -0.2) is 10.5 Å². The number of aromatic nitrogens is 1. The van der Waals surface area contributed by atoms with Crippen LogP contribution in [-0.2, 0) is 24.8 Å². The minimum absolute atomic E-state index is 0.0259. The lowest BCUT2D eigenvalue weighted by atomic mass is 9.97. The molecular weight excluding hydrogens is 400 g/mol. The Balaban J connectivity index is 2.21. The van der Waals surface area contributed by atoms with Gasteiger partial charge >= 0.3 is 0 Å². The molecule has 0 aliphatic heterocycles. The molecule has 3 rings (SSSR count). The minimum atomic E-state index is -0.484. The smallest absolute Gasteiger partial charge is 0.295 e. The predicted octanol–water partition coefficient (Wildman–Crippen LogP) is 4.58. The summed E-state index contributed by atoms with van der Waals surface area (Å²) >= 11 is 0. The lowest BCUT2D eigenvalue weighted by Crippen LogP contribution is -2.22. The van der Waals surface area contributed by atoms with E-state index in [1.54, 1.807) is 17.8 Å². The van der Waals surface area contributed by atoms with E-state index >= 15 is 0 Å². The van der Waals surface area contributed by atoms with E-state index in [1.165, 1.54) is 5.56 Å². The third kappa shape index (κ3) is 4.76. The number of pyridine rings is 1. The van der Waals surface area contributed by atoms with Crippen LogP contribution in [0.15, 0.2) is 47.4 Å². The second-order valence-corrected chi connectivity index (χ2v) is 7.97. The number of aryl methyl sites for hydroxylation is 5. The number of carbonyl (C=O) groups is 1. The van der Waals surface area contributed by atoms with Gasteiger partial charge < -0.3 is 14.6 Å². The Morgan fingerprint density at radius 3 is 2.44 bits per heavy atom. The van der Waals surface area contributed by atoms with Crippen LogP contribution in [0.2, 0.25) is 0 Å². The molecule has 0 bridgehead atoms. The van der Waals surface area contributed by atoms with Gasteiger partial charge in [-0.3, -0.25) is 9.59 Å². The molecule has 32 heavy (non-hydrogen) atoms. The molecule has 2 aromatic carbocycles. The summed E-state index contributed by atoms with van der Waals surface area (Å²) in [6.07, 6.45) is 7.62. The first kappa shape index (κ1) is 22.9. The van der Waals surface area contributed by atoms with E-state index in [4.69, 9.17) is 11.2 Å². The van der Waals surface area contributed by atoms with Crippen LogP contribution in [0, 0.1) is 33.1 Å². The van der Waals surface area contributed by atoms with Crippen LogP contribution in [0.5, 0.6) is 11.5 Å². The SMILES string of the molecule is C#CC(=O)NCc1cccc(Oc2c(C)cc(C)cc2C)c1-c1cc(CC)c(=O)n(C)c1. The predicted molar refractivity (Wildman–Crippen MR) is 128 cm³/mol. The number of amides is 1. The van der Waals surface area contributed by atoms with Crippen molar-refractivity contribution in [2.45, 2.75) is 40.7 Å². The molecule has 0 spiro atoms. The molecule has 0 aliphatic rings. The largest absolute Gasteiger partial charge is 0.456 e. The van der Waals surface area contributed by atoms with Gasteiger partial charge in [-0.05, 0) is 61.9 Å². The molecule has 5 nitrogen and oxygen atoms in total. The van der Waals surface area contributed by atoms with Crippen LogP contribution in [0.1, 0.15) is 34.7 Å². The number of nitrogens with zero attached hydrogens (tertiary/aromatic N) is 1. The first-order chi connectivity index (χ1) is 15.2. The summed E-state index contributed by atoms with van der Waals surface area (Å²) in [6.45, 7) is 8.29. The zero-order valence-electron chi connectivity index (χ0n) is 19.2. The van der Waals surface area contributed by atoms with Crippen LogP contribution in [0.3, 0.4) is 0 Å². The average molecular weight is 429 g/mol. The van der Waals surface area contributed by atoms with Crippen molar-refractivity contribution in [3.8, 4) is 35.0 Å². The molecule has 1 heterocycles. The van der Waals surface area contributed by atoms with Crippen LogP contribution >= 0.6 is 0 Å². The van der Waals surface area contributed by atoms with E-state index < -0.39 is 5.91 Å². The first-order valence-electron chi connectivity index (χ1n) is 10.6. The van der Waals surface area contributed by atoms with E-state index in [0.717, 1.165) is 33.6 Å². The number of carbonyl (C=O) groups excluding carboxylic acids is 1. The van der Waals surface area contributed by atoms with Crippen molar-refractivity contribution in [1.82, 2.24) is 9.88 Å². The van der Waals surface area contributed by atoms with E-state index in [2.05, 4.69) is 30.3 Å². The van der Waals surface area contributed by atoms with Crippen LogP contribution in [0.4, 0.5) is 0 Å². The summed E-state index contributed by atoms with van der Waals surface area (Å²) in [5.41, 5.74) is 6.42. The van der Waals surface area contributed by atoms with Crippen molar-refractivity contribution >= 4 is 5.91 Å². The quantitative estimate of drug-likeness (QED) is 0.585. The van der Waals surface area contributed by atoms with Crippen molar-refractivity contribution in [2.75, 3.05) is 0 Å². The van der Waals surface area contributed by atoms with Gasteiger partial charge in [0.1, 0.15) is 11.5 Å². The van der Waals surface area contributed by atoms with Crippen molar-refractivity contribution in [3.05, 3.63) is 80.8 Å². The summed E-state index contributed by atoms with van der Waals surface area (Å²) in [4.78, 5) is 24.2. The Hall–Kier alpha value is -3.78. The molecule has 0 aliphatic carbocycles. The third-order valence-electron chi connectivity index (χ3n) is 5.43. The molecule has 1 aromatic heterocycles. The van der Waals surface area contributed by atoms with Gasteiger partial charge in [0.05, 0.1) is 0 Å². The molecule has 1 N–H and O–H groups in total. The van der Waals surface area contributed by atoms with Crippen LogP contribution < -0.4 is 15.6 Å². The van der Waals surface area contributed by atoms with Gasteiger partial charge in [0.2, 0.25) is 0 Å². The second kappa shape index (κ2) is 9.57. The molecule has 1 amide bonds. The average Bonchev–Trinajstić information content (AvgIpc) is 2.76. The molecule has 0 saturated carbocycles. The van der Waals surface area contributed by atoms with Gasteiger partial charge in [0, 0.05) is 36.5 Å². The number of rotatable bonds is 6. The third-order valence-corrected chi connectivity index (χ3v) is 5.43. The summed E-state index contributed by atoms with van der Waals surface area (Å²) in [5.74, 6) is 3.03. The molecule has 164 valence electrons. The zero-order chi connectivity index (χ0) is 23.4. The molecule has 0 saturated heterocycles. The minimum Gasteiger partial charge on any atom is -0.456 e. The second-order valence-electron chi connectivity index (χ2n) is 7.97. The van der Waals surface area contributed by atoms with Gasteiger partial charge in [-0.15, -0.1) is 6.42 Å². The highest BCUT2D eigenvalue weighted by Crippen LogP contribution is 2.38. The van der Waals surface area contributed by atoms with Gasteiger partial charge in [0.15, 0.2) is 0 Å². The summed E-state index contributed by atoms with van der Waals surface area (Å²) < 4.78 is 8.04. The molecular formula is C27H28N2O3. The fourth-order valence-electron chi connectivity index (χ4n) is 3.97. The number of nitrogens with one attached hydrogen (secondary N) is 1. The lowest BCUT2D eigenvalue weighted by molar-refractivity contribution is -0.115. The number of terminal acetylenes is 1. The number of ether oxygens (including phenoxy) is 1. The highest BCUT2D eigenvalue weighted by atomic mass is 16.5. The summed E-state index contributed by atoms with van der Waals surface area (Å²) in [6, 6.07) is 11.8. The standard InChI is InChI=1S/C27H28N2O3/c1-7-20-14-22(16-29(6)27(20)31)25-21(15-28-24(30)8-2)10-9-11-23(25)32-26-18(4)12-17(3)13-19(26)5/h2,9-14,16H,7,15H2,1,3-6H3,(H,28,30). The molecule has 0 radical (unpaired) electrons. The fourth-order valence-corrected chi connectivity index (χ4v) is 3.97. The maximum atomic E-state index is 12.5. The normalized spacial score (nSPS) is 10.5. The van der Waals surface area contributed by atoms with Crippen molar-refractivity contribution in [2.24, 2.45) is 7.05 Å². The van der Waals surface area contributed by atoms with Gasteiger partial charge in [-0.1, -0.05) is 36.8 Å². The monoisotopic (exact) mass is 428 g/mol. The first-order valence-corrected chi connectivity index (χ1v) is 10.6.